The molecule has 154 valence electrons. The fraction of sp³-hybridized carbons (Fsp3) is 0.385. The number of fused-ring (bicyclic) bond motifs is 1. The van der Waals surface area contributed by atoms with Crippen LogP contribution < -0.4 is 0 Å². The van der Waals surface area contributed by atoms with Gasteiger partial charge in [-0.15, -0.1) is 0 Å². The summed E-state index contributed by atoms with van der Waals surface area (Å²) in [7, 11) is 0. The summed E-state index contributed by atoms with van der Waals surface area (Å²) >= 11 is 0. The first-order valence-corrected chi connectivity index (χ1v) is 11.2. The van der Waals surface area contributed by atoms with E-state index in [4.69, 9.17) is 0 Å². The number of benzene rings is 2. The molecule has 0 N–H and O–H groups in total. The molecule has 1 aliphatic carbocycles. The summed E-state index contributed by atoms with van der Waals surface area (Å²) in [4.78, 5) is 19.8. The molecule has 4 nitrogen and oxygen atoms in total. The second kappa shape index (κ2) is 8.47. The van der Waals surface area contributed by atoms with E-state index in [1.165, 1.54) is 28.8 Å². The molecule has 3 aromatic rings. The maximum atomic E-state index is 13.3. The molecule has 30 heavy (non-hydrogen) atoms. The minimum atomic E-state index is 0.138. The molecule has 2 aromatic carbocycles. The van der Waals surface area contributed by atoms with Gasteiger partial charge in [0.25, 0.3) is 0 Å². The Bertz CT molecular complexity index is 1010. The van der Waals surface area contributed by atoms with Gasteiger partial charge in [-0.05, 0) is 55.2 Å². The summed E-state index contributed by atoms with van der Waals surface area (Å²) in [5.41, 5.74) is 5.29. The predicted octanol–water partition coefficient (Wildman–Crippen LogP) is 4.79. The molecule has 0 radical (unpaired) electrons. The minimum Gasteiger partial charge on any atom is -0.335 e. The van der Waals surface area contributed by atoms with Gasteiger partial charge in [0.1, 0.15) is 0 Å². The van der Waals surface area contributed by atoms with Crippen molar-refractivity contribution in [2.75, 3.05) is 6.54 Å². The monoisotopic (exact) mass is 399 g/mol. The van der Waals surface area contributed by atoms with Gasteiger partial charge in [0.2, 0.25) is 5.91 Å². The Morgan fingerprint density at radius 3 is 2.73 bits per heavy atom. The predicted molar refractivity (Wildman–Crippen MR) is 118 cm³/mol. The highest BCUT2D eigenvalue weighted by atomic mass is 16.2. The van der Waals surface area contributed by atoms with Crippen LogP contribution in [0.4, 0.5) is 0 Å². The zero-order chi connectivity index (χ0) is 20.3. The average molecular weight is 400 g/mol. The van der Waals surface area contributed by atoms with E-state index in [0.717, 1.165) is 45.2 Å². The highest BCUT2D eigenvalue weighted by Gasteiger charge is 2.37. The van der Waals surface area contributed by atoms with E-state index in [0.29, 0.717) is 5.91 Å². The molecule has 0 bridgehead atoms. The second-order valence-electron chi connectivity index (χ2n) is 8.66. The van der Waals surface area contributed by atoms with Crippen molar-refractivity contribution in [2.45, 2.75) is 51.1 Å². The molecule has 2 atom stereocenters. The Morgan fingerprint density at radius 1 is 1.00 bits per heavy atom. The fourth-order valence-corrected chi connectivity index (χ4v) is 5.19. The molecule has 1 aromatic heterocycles. The Balaban J connectivity index is 1.23. The molecule has 1 amide bonds. The van der Waals surface area contributed by atoms with Crippen LogP contribution >= 0.6 is 0 Å². The summed E-state index contributed by atoms with van der Waals surface area (Å²) in [5, 5.41) is 0. The third-order valence-corrected chi connectivity index (χ3v) is 6.81. The Morgan fingerprint density at radius 2 is 1.83 bits per heavy atom. The zero-order valence-corrected chi connectivity index (χ0v) is 17.4. The first kappa shape index (κ1) is 19.1. The first-order chi connectivity index (χ1) is 14.8. The van der Waals surface area contributed by atoms with Gasteiger partial charge in [-0.1, -0.05) is 54.6 Å². The van der Waals surface area contributed by atoms with Crippen molar-refractivity contribution in [2.24, 2.45) is 5.92 Å². The van der Waals surface area contributed by atoms with Crippen LogP contribution in [0.2, 0.25) is 0 Å². The lowest BCUT2D eigenvalue weighted by Crippen LogP contribution is -2.34. The third-order valence-electron chi connectivity index (χ3n) is 6.81. The summed E-state index contributed by atoms with van der Waals surface area (Å²) in [5.74, 6) is 0.491. The van der Waals surface area contributed by atoms with Crippen LogP contribution in [-0.4, -0.2) is 26.9 Å². The van der Waals surface area contributed by atoms with E-state index in [-0.39, 0.29) is 12.0 Å². The number of carbonyl (C=O) groups is 1. The van der Waals surface area contributed by atoms with E-state index in [9.17, 15) is 4.79 Å². The lowest BCUT2D eigenvalue weighted by Gasteiger charge is -2.33. The number of aromatic nitrogens is 2. The normalized spacial score (nSPS) is 21.1. The molecule has 2 heterocycles. The standard InChI is InChI=1S/C26H29N3O/c30-26-22(13-14-23-17-27-19-28(23)18-20-7-2-1-3-8-20)15-16-29(26)25-12-6-10-21-9-4-5-11-24(21)25/h1-5,7-9,11,17,19,22,25H,6,10,12-16,18H2/t22-,25+/m0/s1. The zero-order valence-electron chi connectivity index (χ0n) is 17.4. The molecule has 1 aliphatic heterocycles. The van der Waals surface area contributed by atoms with Gasteiger partial charge >= 0.3 is 0 Å². The number of rotatable bonds is 6. The van der Waals surface area contributed by atoms with Crippen LogP contribution in [0.5, 0.6) is 0 Å². The molecule has 0 saturated carbocycles. The summed E-state index contributed by atoms with van der Waals surface area (Å²) < 4.78 is 2.21. The van der Waals surface area contributed by atoms with E-state index in [1.807, 2.05) is 18.6 Å². The van der Waals surface area contributed by atoms with Crippen molar-refractivity contribution < 1.29 is 4.79 Å². The smallest absolute Gasteiger partial charge is 0.226 e. The maximum Gasteiger partial charge on any atom is 0.226 e. The Kier molecular flexibility index (Phi) is 5.39. The molecule has 0 unspecified atom stereocenters. The molecule has 5 rings (SSSR count). The third kappa shape index (κ3) is 3.79. The highest BCUT2D eigenvalue weighted by molar-refractivity contribution is 5.81. The summed E-state index contributed by atoms with van der Waals surface area (Å²) in [6.45, 7) is 1.73. The van der Waals surface area contributed by atoms with E-state index in [2.05, 4.69) is 63.0 Å². The lowest BCUT2D eigenvalue weighted by atomic mass is 9.87. The van der Waals surface area contributed by atoms with Crippen molar-refractivity contribution in [1.29, 1.82) is 0 Å². The number of likely N-dealkylation sites (tertiary alicyclic amines) is 1. The van der Waals surface area contributed by atoms with Crippen molar-refractivity contribution in [3.63, 3.8) is 0 Å². The average Bonchev–Trinajstić information content (AvgIpc) is 3.38. The van der Waals surface area contributed by atoms with Crippen LogP contribution in [0.3, 0.4) is 0 Å². The summed E-state index contributed by atoms with van der Waals surface area (Å²) in [6.07, 6.45) is 10.1. The van der Waals surface area contributed by atoms with Crippen LogP contribution in [0, 0.1) is 5.92 Å². The van der Waals surface area contributed by atoms with E-state index < -0.39 is 0 Å². The fourth-order valence-electron chi connectivity index (χ4n) is 5.19. The molecule has 0 spiro atoms. The van der Waals surface area contributed by atoms with Crippen LogP contribution in [-0.2, 0) is 24.2 Å². The Labute approximate surface area is 178 Å². The van der Waals surface area contributed by atoms with Crippen LogP contribution in [0.15, 0.2) is 67.1 Å². The van der Waals surface area contributed by atoms with Crippen molar-refractivity contribution >= 4 is 5.91 Å². The molecular formula is C26H29N3O. The molecular weight excluding hydrogens is 370 g/mol. The quantitative estimate of drug-likeness (QED) is 0.598. The van der Waals surface area contributed by atoms with Gasteiger partial charge < -0.3 is 9.47 Å². The molecule has 1 saturated heterocycles. The number of imidazole rings is 1. The van der Waals surface area contributed by atoms with Gasteiger partial charge in [0.05, 0.1) is 12.4 Å². The van der Waals surface area contributed by atoms with Crippen LogP contribution in [0.25, 0.3) is 0 Å². The van der Waals surface area contributed by atoms with Crippen molar-refractivity contribution in [1.82, 2.24) is 14.5 Å². The minimum absolute atomic E-state index is 0.138. The lowest BCUT2D eigenvalue weighted by molar-refractivity contribution is -0.133. The maximum absolute atomic E-state index is 13.3. The number of carbonyl (C=O) groups excluding carboxylic acids is 1. The van der Waals surface area contributed by atoms with Crippen molar-refractivity contribution in [3.8, 4) is 0 Å². The van der Waals surface area contributed by atoms with Gasteiger partial charge in [-0.2, -0.15) is 0 Å². The Hall–Kier alpha value is -2.88. The molecule has 2 aliphatic rings. The van der Waals surface area contributed by atoms with Gasteiger partial charge in [0.15, 0.2) is 0 Å². The number of hydrogen-bond acceptors (Lipinski definition) is 2. The van der Waals surface area contributed by atoms with Gasteiger partial charge in [0, 0.05) is 30.9 Å². The van der Waals surface area contributed by atoms with Gasteiger partial charge in [-0.3, -0.25) is 4.79 Å². The second-order valence-corrected chi connectivity index (χ2v) is 8.66. The van der Waals surface area contributed by atoms with Gasteiger partial charge in [-0.25, -0.2) is 4.98 Å². The summed E-state index contributed by atoms with van der Waals surface area (Å²) in [6, 6.07) is 19.4. The van der Waals surface area contributed by atoms with E-state index >= 15 is 0 Å². The SMILES string of the molecule is O=C1[C@@H](CCc2cncn2Cc2ccccc2)CCN1[C@@H]1CCCc2ccccc21. The largest absolute Gasteiger partial charge is 0.335 e. The highest BCUT2D eigenvalue weighted by Crippen LogP contribution is 2.38. The number of hydrogen-bond donors (Lipinski definition) is 0. The van der Waals surface area contributed by atoms with Crippen LogP contribution in [0.1, 0.15) is 54.1 Å². The number of amides is 1. The number of nitrogens with zero attached hydrogens (tertiary/aromatic N) is 3. The topological polar surface area (TPSA) is 38.1 Å². The van der Waals surface area contributed by atoms with E-state index in [1.54, 1.807) is 0 Å². The number of aryl methyl sites for hydroxylation is 2. The van der Waals surface area contributed by atoms with Crippen molar-refractivity contribution in [3.05, 3.63) is 89.5 Å². The first-order valence-electron chi connectivity index (χ1n) is 11.2. The molecule has 1 fully saturated rings. The molecule has 4 heteroatoms.